The van der Waals surface area contributed by atoms with Crippen molar-refractivity contribution in [3.63, 3.8) is 0 Å². The molecule has 1 saturated heterocycles. The van der Waals surface area contributed by atoms with E-state index in [4.69, 9.17) is 4.74 Å². The van der Waals surface area contributed by atoms with E-state index < -0.39 is 0 Å². The quantitative estimate of drug-likeness (QED) is 0.785. The van der Waals surface area contributed by atoms with Crippen LogP contribution in [0.4, 0.5) is 0 Å². The summed E-state index contributed by atoms with van der Waals surface area (Å²) in [5.41, 5.74) is 2.80. The lowest BCUT2D eigenvalue weighted by atomic mass is 10.1. The molecular weight excluding hydrogens is 280 g/mol. The molecule has 0 bridgehead atoms. The summed E-state index contributed by atoms with van der Waals surface area (Å²) in [6.07, 6.45) is 2.88. The maximum Gasteiger partial charge on any atom is 0.339 e. The maximum absolute atomic E-state index is 12.3. The molecule has 1 saturated carbocycles. The summed E-state index contributed by atoms with van der Waals surface area (Å²) in [5.74, 6) is 0.0289. The van der Waals surface area contributed by atoms with Gasteiger partial charge in [-0.25, -0.2) is 4.79 Å². The monoisotopic (exact) mass is 304 g/mol. The first-order valence-electron chi connectivity index (χ1n) is 8.14. The van der Waals surface area contributed by atoms with E-state index in [0.29, 0.717) is 31.2 Å². The number of hydrogen-bond acceptors (Lipinski definition) is 3. The van der Waals surface area contributed by atoms with Crippen LogP contribution in [0.1, 0.15) is 54.0 Å². The summed E-state index contributed by atoms with van der Waals surface area (Å²) < 4.78 is 7.72. The van der Waals surface area contributed by atoms with Crippen molar-refractivity contribution in [2.45, 2.75) is 46.1 Å². The number of aromatic nitrogens is 1. The molecule has 2 heterocycles. The van der Waals surface area contributed by atoms with Crippen LogP contribution in [0, 0.1) is 19.8 Å². The second kappa shape index (κ2) is 5.78. The Morgan fingerprint density at radius 1 is 1.36 bits per heavy atom. The average molecular weight is 304 g/mol. The van der Waals surface area contributed by atoms with Gasteiger partial charge in [0.05, 0.1) is 12.2 Å². The molecule has 0 radical (unpaired) electrons. The highest BCUT2D eigenvalue weighted by molar-refractivity contribution is 5.91. The number of hydrogen-bond donors (Lipinski definition) is 0. The van der Waals surface area contributed by atoms with Crippen molar-refractivity contribution >= 4 is 11.9 Å². The number of rotatable bonds is 5. The lowest BCUT2D eigenvalue weighted by Crippen LogP contribution is -2.25. The van der Waals surface area contributed by atoms with Crippen molar-refractivity contribution in [3.05, 3.63) is 23.0 Å². The summed E-state index contributed by atoms with van der Waals surface area (Å²) in [4.78, 5) is 25.8. The Morgan fingerprint density at radius 2 is 2.09 bits per heavy atom. The number of likely N-dealkylation sites (tertiary alicyclic amines) is 1. The second-order valence-electron chi connectivity index (χ2n) is 6.49. The van der Waals surface area contributed by atoms with Crippen LogP contribution in [0.5, 0.6) is 0 Å². The third-order valence-electron chi connectivity index (χ3n) is 4.74. The van der Waals surface area contributed by atoms with Gasteiger partial charge in [0.15, 0.2) is 0 Å². The molecule has 1 aromatic rings. The van der Waals surface area contributed by atoms with Gasteiger partial charge >= 0.3 is 5.97 Å². The Labute approximate surface area is 131 Å². The van der Waals surface area contributed by atoms with Crippen LogP contribution in [-0.4, -0.2) is 41.0 Å². The van der Waals surface area contributed by atoms with Crippen LogP contribution >= 0.6 is 0 Å². The van der Waals surface area contributed by atoms with Crippen molar-refractivity contribution < 1.29 is 14.3 Å². The number of ether oxygens (including phenoxy) is 1. The van der Waals surface area contributed by atoms with Gasteiger partial charge in [-0.2, -0.15) is 0 Å². The van der Waals surface area contributed by atoms with Crippen LogP contribution in [-0.2, 0) is 9.53 Å². The van der Waals surface area contributed by atoms with Gasteiger partial charge in [0.1, 0.15) is 0 Å². The van der Waals surface area contributed by atoms with Gasteiger partial charge in [-0.3, -0.25) is 4.79 Å². The predicted molar refractivity (Wildman–Crippen MR) is 82.8 cm³/mol. The third-order valence-corrected chi connectivity index (χ3v) is 4.74. The lowest BCUT2D eigenvalue weighted by molar-refractivity contribution is -0.127. The zero-order valence-corrected chi connectivity index (χ0v) is 13.6. The third kappa shape index (κ3) is 2.76. The van der Waals surface area contributed by atoms with Gasteiger partial charge in [0, 0.05) is 42.9 Å². The van der Waals surface area contributed by atoms with E-state index in [1.54, 1.807) is 0 Å². The number of esters is 1. The van der Waals surface area contributed by atoms with E-state index in [9.17, 15) is 9.59 Å². The molecule has 0 N–H and O–H groups in total. The molecule has 120 valence electrons. The molecule has 1 atom stereocenters. The lowest BCUT2D eigenvalue weighted by Gasteiger charge is -2.13. The van der Waals surface area contributed by atoms with Gasteiger partial charge in [-0.15, -0.1) is 0 Å². The SMILES string of the molecule is CCN1C[C@@H](COC(=O)c2cc(C)n(C3CC3)c2C)CC1=O. The Morgan fingerprint density at radius 3 is 2.68 bits per heavy atom. The molecular formula is C17H24N2O3. The van der Waals surface area contributed by atoms with E-state index in [1.165, 1.54) is 12.8 Å². The summed E-state index contributed by atoms with van der Waals surface area (Å²) in [5, 5.41) is 0. The summed E-state index contributed by atoms with van der Waals surface area (Å²) in [6.45, 7) is 7.75. The number of carbonyl (C=O) groups excluding carboxylic acids is 2. The molecule has 1 aliphatic heterocycles. The maximum atomic E-state index is 12.3. The molecule has 1 amide bonds. The standard InChI is InChI=1S/C17H24N2O3/c1-4-18-9-13(8-16(18)20)10-22-17(21)15-7-11(2)19(12(15)3)14-5-6-14/h7,13-14H,4-6,8-10H2,1-3H3/t13-/m0/s1. The minimum Gasteiger partial charge on any atom is -0.462 e. The Bertz CT molecular complexity index is 601. The van der Waals surface area contributed by atoms with Crippen molar-refractivity contribution in [3.8, 4) is 0 Å². The highest BCUT2D eigenvalue weighted by Gasteiger charge is 2.31. The summed E-state index contributed by atoms with van der Waals surface area (Å²) in [6, 6.07) is 2.49. The van der Waals surface area contributed by atoms with Crippen LogP contribution < -0.4 is 0 Å². The summed E-state index contributed by atoms with van der Waals surface area (Å²) >= 11 is 0. The van der Waals surface area contributed by atoms with Crippen LogP contribution in [0.15, 0.2) is 6.07 Å². The highest BCUT2D eigenvalue weighted by atomic mass is 16.5. The van der Waals surface area contributed by atoms with Gasteiger partial charge < -0.3 is 14.2 Å². The zero-order valence-electron chi connectivity index (χ0n) is 13.6. The topological polar surface area (TPSA) is 51.5 Å². The van der Waals surface area contributed by atoms with E-state index in [-0.39, 0.29) is 17.8 Å². The zero-order chi connectivity index (χ0) is 15.9. The first-order valence-corrected chi connectivity index (χ1v) is 8.14. The molecule has 2 fully saturated rings. The van der Waals surface area contributed by atoms with Crippen LogP contribution in [0.25, 0.3) is 0 Å². The molecule has 0 unspecified atom stereocenters. The Balaban J connectivity index is 1.61. The average Bonchev–Trinajstić information content (AvgIpc) is 3.18. The second-order valence-corrected chi connectivity index (χ2v) is 6.49. The normalized spacial score (nSPS) is 21.5. The smallest absolute Gasteiger partial charge is 0.339 e. The van der Waals surface area contributed by atoms with Crippen LogP contribution in [0.3, 0.4) is 0 Å². The molecule has 0 aromatic carbocycles. The van der Waals surface area contributed by atoms with Gasteiger partial charge in [-0.05, 0) is 39.7 Å². The Hall–Kier alpha value is -1.78. The fourth-order valence-corrected chi connectivity index (χ4v) is 3.42. The number of carbonyl (C=O) groups is 2. The summed E-state index contributed by atoms with van der Waals surface area (Å²) in [7, 11) is 0. The largest absolute Gasteiger partial charge is 0.462 e. The molecule has 2 aliphatic rings. The van der Waals surface area contributed by atoms with Crippen molar-refractivity contribution in [1.29, 1.82) is 0 Å². The van der Waals surface area contributed by atoms with Crippen molar-refractivity contribution in [2.24, 2.45) is 5.92 Å². The predicted octanol–water partition coefficient (Wildman–Crippen LogP) is 2.47. The molecule has 3 rings (SSSR count). The molecule has 1 aliphatic carbocycles. The minimum absolute atomic E-state index is 0.128. The van der Waals surface area contributed by atoms with Gasteiger partial charge in [-0.1, -0.05) is 0 Å². The fraction of sp³-hybridized carbons (Fsp3) is 0.647. The number of aryl methyl sites for hydroxylation is 1. The molecule has 22 heavy (non-hydrogen) atoms. The molecule has 5 nitrogen and oxygen atoms in total. The molecule has 1 aromatic heterocycles. The first kappa shape index (κ1) is 15.1. The number of amides is 1. The van der Waals surface area contributed by atoms with E-state index in [2.05, 4.69) is 4.57 Å². The van der Waals surface area contributed by atoms with Crippen molar-refractivity contribution in [1.82, 2.24) is 9.47 Å². The first-order chi connectivity index (χ1) is 10.5. The van der Waals surface area contributed by atoms with E-state index in [1.807, 2.05) is 31.7 Å². The molecule has 5 heteroatoms. The highest BCUT2D eigenvalue weighted by Crippen LogP contribution is 2.38. The van der Waals surface area contributed by atoms with E-state index in [0.717, 1.165) is 17.9 Å². The molecule has 0 spiro atoms. The fourth-order valence-electron chi connectivity index (χ4n) is 3.42. The van der Waals surface area contributed by atoms with E-state index >= 15 is 0 Å². The van der Waals surface area contributed by atoms with Crippen molar-refractivity contribution in [2.75, 3.05) is 19.7 Å². The van der Waals surface area contributed by atoms with Gasteiger partial charge in [0.25, 0.3) is 0 Å². The Kier molecular flexibility index (Phi) is 3.98. The van der Waals surface area contributed by atoms with Gasteiger partial charge in [0.2, 0.25) is 5.91 Å². The number of nitrogens with zero attached hydrogens (tertiary/aromatic N) is 2. The van der Waals surface area contributed by atoms with Crippen LogP contribution in [0.2, 0.25) is 0 Å². The minimum atomic E-state index is -0.262.